The highest BCUT2D eigenvalue weighted by Crippen LogP contribution is 2.59. The van der Waals surface area contributed by atoms with E-state index < -0.39 is 5.41 Å². The molecule has 1 aromatic heterocycles. The largest absolute Gasteiger partial charge is 0.454 e. The fourth-order valence-electron chi connectivity index (χ4n) is 12.0. The van der Waals surface area contributed by atoms with E-state index in [9.17, 15) is 0 Å². The second-order valence-electron chi connectivity index (χ2n) is 20.9. The number of nitrogens with zero attached hydrogens (tertiary/aromatic N) is 2. The first-order valence-electron chi connectivity index (χ1n) is 23.8. The van der Waals surface area contributed by atoms with Gasteiger partial charge in [-0.05, 0) is 121 Å². The second kappa shape index (κ2) is 14.2. The first kappa shape index (κ1) is 39.8. The lowest BCUT2D eigenvalue weighted by Gasteiger charge is -2.48. The number of para-hydroxylation sites is 3. The molecule has 1 spiro atoms. The minimum atomic E-state index is -0.628. The van der Waals surface area contributed by atoms with Crippen molar-refractivity contribution in [3.63, 3.8) is 0 Å². The molecule has 0 atom stereocenters. The molecule has 2 aliphatic heterocycles. The highest BCUT2D eigenvalue weighted by Gasteiger charge is 2.56. The summed E-state index contributed by atoms with van der Waals surface area (Å²) in [6.07, 6.45) is 0. The average molecular weight is 863 g/mol. The smallest absolute Gasteiger partial charge is 0.247 e. The summed E-state index contributed by atoms with van der Waals surface area (Å²) in [4.78, 5) is 5.00. The summed E-state index contributed by atoms with van der Waals surface area (Å²) in [7, 11) is 0. The summed E-state index contributed by atoms with van der Waals surface area (Å²) >= 11 is 0. The van der Waals surface area contributed by atoms with Crippen molar-refractivity contribution in [3.05, 3.63) is 234 Å². The number of anilines is 6. The molecule has 0 saturated carbocycles. The lowest BCUT2D eigenvalue weighted by molar-refractivity contribution is 0.590. The van der Waals surface area contributed by atoms with Crippen LogP contribution in [-0.2, 0) is 16.2 Å². The van der Waals surface area contributed by atoms with E-state index in [1.807, 2.05) is 0 Å². The molecule has 0 radical (unpaired) electrons. The Bertz CT molecular complexity index is 3530. The maximum absolute atomic E-state index is 7.15. The number of hydrogen-bond donors (Lipinski definition) is 0. The SMILES string of the molecule is CC(C)(C)c1ccc(N2c3cc(N(c4ccccc4)c4ccccc4)cc4c3B(c3cc(C(C)(C)C)ccc3C43c4ccccc4-c4ccccc43)c3ccc4c(oc5ccccc54)c32)cc1. The van der Waals surface area contributed by atoms with Gasteiger partial charge in [0.1, 0.15) is 5.58 Å². The van der Waals surface area contributed by atoms with Crippen molar-refractivity contribution in [3.8, 4) is 11.1 Å². The molecule has 0 bridgehead atoms. The monoisotopic (exact) mass is 862 g/mol. The van der Waals surface area contributed by atoms with E-state index in [4.69, 9.17) is 4.42 Å². The number of furan rings is 1. The van der Waals surface area contributed by atoms with Gasteiger partial charge in [-0.1, -0.05) is 193 Å². The Kier molecular flexibility index (Phi) is 8.45. The molecule has 3 heterocycles. The van der Waals surface area contributed by atoms with Crippen LogP contribution >= 0.6 is 0 Å². The van der Waals surface area contributed by atoms with Crippen LogP contribution in [-0.4, -0.2) is 6.71 Å². The molecular weight excluding hydrogens is 812 g/mol. The van der Waals surface area contributed by atoms with Crippen LogP contribution in [0.2, 0.25) is 0 Å². The van der Waals surface area contributed by atoms with Crippen molar-refractivity contribution in [2.45, 2.75) is 57.8 Å². The van der Waals surface area contributed by atoms with Crippen molar-refractivity contribution in [2.75, 3.05) is 9.80 Å². The van der Waals surface area contributed by atoms with E-state index in [1.165, 1.54) is 60.9 Å². The van der Waals surface area contributed by atoms with Gasteiger partial charge in [-0.2, -0.15) is 0 Å². The summed E-state index contributed by atoms with van der Waals surface area (Å²) in [5.41, 5.74) is 22.2. The highest BCUT2D eigenvalue weighted by atomic mass is 16.3. The van der Waals surface area contributed by atoms with Crippen molar-refractivity contribution in [1.82, 2.24) is 0 Å². The molecule has 3 nitrogen and oxygen atoms in total. The van der Waals surface area contributed by atoms with E-state index in [0.29, 0.717) is 0 Å². The zero-order chi connectivity index (χ0) is 45.4. The van der Waals surface area contributed by atoms with Gasteiger partial charge in [0.25, 0.3) is 0 Å². The molecule has 67 heavy (non-hydrogen) atoms. The van der Waals surface area contributed by atoms with E-state index in [0.717, 1.165) is 56.1 Å². The maximum atomic E-state index is 7.15. The zero-order valence-corrected chi connectivity index (χ0v) is 38.9. The minimum Gasteiger partial charge on any atom is -0.454 e. The summed E-state index contributed by atoms with van der Waals surface area (Å²) in [5.74, 6) is 0. The van der Waals surface area contributed by atoms with Crippen molar-refractivity contribution >= 4 is 79.2 Å². The molecule has 10 aromatic rings. The van der Waals surface area contributed by atoms with E-state index in [2.05, 4.69) is 252 Å². The van der Waals surface area contributed by atoms with Crippen LogP contribution in [0.3, 0.4) is 0 Å². The van der Waals surface area contributed by atoms with Crippen LogP contribution < -0.4 is 26.2 Å². The molecule has 0 saturated heterocycles. The Morgan fingerprint density at radius 2 is 1.04 bits per heavy atom. The minimum absolute atomic E-state index is 0.00943. The predicted octanol–water partition coefficient (Wildman–Crippen LogP) is 14.6. The van der Waals surface area contributed by atoms with Crippen LogP contribution in [0.15, 0.2) is 205 Å². The molecule has 13 rings (SSSR count). The van der Waals surface area contributed by atoms with Gasteiger partial charge in [0.15, 0.2) is 5.58 Å². The Balaban J connectivity index is 1.24. The molecule has 9 aromatic carbocycles. The molecule has 0 fully saturated rings. The Morgan fingerprint density at radius 3 is 1.69 bits per heavy atom. The van der Waals surface area contributed by atoms with Gasteiger partial charge < -0.3 is 14.2 Å². The van der Waals surface area contributed by atoms with Gasteiger partial charge in [-0.15, -0.1) is 0 Å². The predicted molar refractivity (Wildman–Crippen MR) is 282 cm³/mol. The van der Waals surface area contributed by atoms with Gasteiger partial charge in [0.05, 0.1) is 11.1 Å². The lowest BCUT2D eigenvalue weighted by atomic mass is 9.29. The third-order valence-electron chi connectivity index (χ3n) is 15.0. The van der Waals surface area contributed by atoms with Crippen molar-refractivity contribution in [2.24, 2.45) is 0 Å². The highest BCUT2D eigenvalue weighted by molar-refractivity contribution is 6.99. The molecule has 3 aliphatic rings. The average Bonchev–Trinajstić information content (AvgIpc) is 3.87. The van der Waals surface area contributed by atoms with E-state index in [1.54, 1.807) is 0 Å². The van der Waals surface area contributed by atoms with Gasteiger partial charge in [-0.25, -0.2) is 0 Å². The fourth-order valence-corrected chi connectivity index (χ4v) is 12.0. The van der Waals surface area contributed by atoms with Crippen LogP contribution in [0, 0.1) is 0 Å². The first-order chi connectivity index (χ1) is 32.5. The Labute approximate surface area is 394 Å². The van der Waals surface area contributed by atoms with Gasteiger partial charge in [0.2, 0.25) is 6.71 Å². The molecule has 1 aliphatic carbocycles. The fraction of sp³-hybridized carbons (Fsp3) is 0.143. The lowest BCUT2D eigenvalue weighted by Crippen LogP contribution is -2.65. The molecule has 0 amide bonds. The normalized spacial score (nSPS) is 14.2. The summed E-state index contributed by atoms with van der Waals surface area (Å²) < 4.78 is 7.15. The second-order valence-corrected chi connectivity index (χ2v) is 20.9. The van der Waals surface area contributed by atoms with Crippen LogP contribution in [0.25, 0.3) is 33.1 Å². The third-order valence-corrected chi connectivity index (χ3v) is 15.0. The quantitative estimate of drug-likeness (QED) is 0.164. The van der Waals surface area contributed by atoms with Crippen LogP contribution in [0.1, 0.15) is 74.9 Å². The standard InChI is InChI=1S/C63H51BN2O/c1-61(2,3)40-29-32-44(33-30-40)66-56-39-45(65(42-19-9-7-10-20-42)43-21-11-8-12-22-43)38-53-58(56)64(54-36-34-49-48-25-15-18-28-57(48)67-60(49)59(54)66)55-37-41(62(4,5)6)31-35-52(55)63(53)50-26-16-13-23-46(50)47-24-14-17-27-51(47)63/h7-39H,1-6H3. The summed E-state index contributed by atoms with van der Waals surface area (Å²) in [6, 6.07) is 75.2. The number of rotatable bonds is 4. The summed E-state index contributed by atoms with van der Waals surface area (Å²) in [5, 5.41) is 2.25. The van der Waals surface area contributed by atoms with Crippen molar-refractivity contribution < 1.29 is 4.42 Å². The van der Waals surface area contributed by atoms with Crippen molar-refractivity contribution in [1.29, 1.82) is 0 Å². The number of benzene rings is 9. The molecule has 322 valence electrons. The number of fused-ring (bicyclic) bond motifs is 15. The first-order valence-corrected chi connectivity index (χ1v) is 23.8. The molecule has 0 N–H and O–H groups in total. The molecular formula is C63H51BN2O. The third kappa shape index (κ3) is 5.66. The Morgan fingerprint density at radius 1 is 0.463 bits per heavy atom. The summed E-state index contributed by atoms with van der Waals surface area (Å²) in [6.45, 7) is 13.8. The zero-order valence-electron chi connectivity index (χ0n) is 38.9. The molecule has 0 unspecified atom stereocenters. The Hall–Kier alpha value is -7.56. The van der Waals surface area contributed by atoms with E-state index in [-0.39, 0.29) is 17.5 Å². The molecule has 4 heteroatoms. The van der Waals surface area contributed by atoms with Crippen LogP contribution in [0.5, 0.6) is 0 Å². The maximum Gasteiger partial charge on any atom is 0.247 e. The van der Waals surface area contributed by atoms with Crippen LogP contribution in [0.4, 0.5) is 34.1 Å². The topological polar surface area (TPSA) is 19.6 Å². The number of hydrogen-bond acceptors (Lipinski definition) is 3. The van der Waals surface area contributed by atoms with Gasteiger partial charge >= 0.3 is 0 Å². The van der Waals surface area contributed by atoms with Gasteiger partial charge in [0, 0.05) is 39.2 Å². The van der Waals surface area contributed by atoms with Gasteiger partial charge in [-0.3, -0.25) is 0 Å². The van der Waals surface area contributed by atoms with E-state index >= 15 is 0 Å².